The molecule has 1 rings (SSSR count). The Morgan fingerprint density at radius 1 is 1.31 bits per heavy atom. The van der Waals surface area contributed by atoms with Crippen molar-refractivity contribution in [3.05, 3.63) is 48.1 Å². The van der Waals surface area contributed by atoms with Crippen molar-refractivity contribution in [1.29, 1.82) is 0 Å². The van der Waals surface area contributed by atoms with E-state index in [-0.39, 0.29) is 0 Å². The SMILES string of the molecule is C=C(C)C(=C)c1ccc(C)cc1N. The van der Waals surface area contributed by atoms with Gasteiger partial charge in [-0.25, -0.2) is 0 Å². The number of nitrogens with two attached hydrogens (primary N) is 1. The van der Waals surface area contributed by atoms with Gasteiger partial charge in [-0.05, 0) is 31.1 Å². The van der Waals surface area contributed by atoms with Crippen LogP contribution in [-0.2, 0) is 0 Å². The second-order valence-electron chi connectivity index (χ2n) is 3.35. The number of hydrogen-bond acceptors (Lipinski definition) is 1. The summed E-state index contributed by atoms with van der Waals surface area (Å²) in [7, 11) is 0. The van der Waals surface area contributed by atoms with Crippen LogP contribution in [0.15, 0.2) is 36.9 Å². The van der Waals surface area contributed by atoms with Crippen LogP contribution in [0.3, 0.4) is 0 Å². The Labute approximate surface area is 79.6 Å². The Morgan fingerprint density at radius 3 is 2.38 bits per heavy atom. The van der Waals surface area contributed by atoms with Crippen LogP contribution in [0.5, 0.6) is 0 Å². The molecular weight excluding hydrogens is 158 g/mol. The fourth-order valence-electron chi connectivity index (χ4n) is 1.19. The van der Waals surface area contributed by atoms with Gasteiger partial charge in [0.1, 0.15) is 0 Å². The number of anilines is 1. The molecule has 68 valence electrons. The smallest absolute Gasteiger partial charge is 0.0396 e. The number of allylic oxidation sites excluding steroid dienone is 2. The first-order valence-electron chi connectivity index (χ1n) is 4.23. The van der Waals surface area contributed by atoms with Crippen LogP contribution in [0.25, 0.3) is 5.57 Å². The minimum atomic E-state index is 0.771. The first-order valence-corrected chi connectivity index (χ1v) is 4.23. The van der Waals surface area contributed by atoms with Gasteiger partial charge in [0.15, 0.2) is 0 Å². The predicted molar refractivity (Wildman–Crippen MR) is 59.4 cm³/mol. The van der Waals surface area contributed by atoms with Crippen LogP contribution in [0, 0.1) is 6.92 Å². The van der Waals surface area contributed by atoms with Crippen molar-refractivity contribution >= 4 is 11.3 Å². The van der Waals surface area contributed by atoms with E-state index in [2.05, 4.69) is 13.2 Å². The van der Waals surface area contributed by atoms with Gasteiger partial charge in [-0.2, -0.15) is 0 Å². The van der Waals surface area contributed by atoms with E-state index in [1.54, 1.807) is 0 Å². The van der Waals surface area contributed by atoms with E-state index in [4.69, 9.17) is 5.73 Å². The van der Waals surface area contributed by atoms with Crippen LogP contribution in [0.2, 0.25) is 0 Å². The molecule has 0 heterocycles. The molecule has 2 N–H and O–H groups in total. The summed E-state index contributed by atoms with van der Waals surface area (Å²) in [6, 6.07) is 5.96. The van der Waals surface area contributed by atoms with Crippen molar-refractivity contribution in [3.8, 4) is 0 Å². The third-order valence-electron chi connectivity index (χ3n) is 2.05. The number of nitrogen functional groups attached to an aromatic ring is 1. The molecule has 0 fully saturated rings. The molecule has 0 unspecified atom stereocenters. The van der Waals surface area contributed by atoms with Gasteiger partial charge in [-0.1, -0.05) is 30.9 Å². The molecule has 0 aromatic heterocycles. The highest BCUT2D eigenvalue weighted by atomic mass is 14.6. The quantitative estimate of drug-likeness (QED) is 0.539. The maximum atomic E-state index is 5.86. The summed E-state index contributed by atoms with van der Waals surface area (Å²) < 4.78 is 0. The minimum Gasteiger partial charge on any atom is -0.398 e. The Bertz CT molecular complexity index is 361. The van der Waals surface area contributed by atoms with E-state index in [0.29, 0.717) is 0 Å². The summed E-state index contributed by atoms with van der Waals surface area (Å²) in [5.41, 5.74) is 10.6. The van der Waals surface area contributed by atoms with Crippen LogP contribution in [0.1, 0.15) is 18.1 Å². The third-order valence-corrected chi connectivity index (χ3v) is 2.05. The molecule has 0 aliphatic carbocycles. The van der Waals surface area contributed by atoms with Gasteiger partial charge in [-0.3, -0.25) is 0 Å². The molecule has 0 saturated heterocycles. The second-order valence-corrected chi connectivity index (χ2v) is 3.35. The summed E-state index contributed by atoms with van der Waals surface area (Å²) in [6.07, 6.45) is 0. The fourth-order valence-corrected chi connectivity index (χ4v) is 1.19. The fraction of sp³-hybridized carbons (Fsp3) is 0.167. The zero-order valence-corrected chi connectivity index (χ0v) is 8.22. The van der Waals surface area contributed by atoms with Crippen LogP contribution >= 0.6 is 0 Å². The highest BCUT2D eigenvalue weighted by Gasteiger charge is 2.03. The van der Waals surface area contributed by atoms with Crippen LogP contribution in [0.4, 0.5) is 5.69 Å². The van der Waals surface area contributed by atoms with E-state index in [1.807, 2.05) is 32.0 Å². The number of benzene rings is 1. The summed E-state index contributed by atoms with van der Waals surface area (Å²) in [5, 5.41) is 0. The molecule has 1 nitrogen and oxygen atoms in total. The predicted octanol–water partition coefficient (Wildman–Crippen LogP) is 3.17. The molecule has 0 saturated carbocycles. The van der Waals surface area contributed by atoms with Crippen molar-refractivity contribution in [3.63, 3.8) is 0 Å². The number of hydrogen-bond donors (Lipinski definition) is 1. The van der Waals surface area contributed by atoms with Crippen molar-refractivity contribution in [2.24, 2.45) is 0 Å². The molecule has 0 bridgehead atoms. The Hall–Kier alpha value is -1.50. The van der Waals surface area contributed by atoms with Gasteiger partial charge in [0.25, 0.3) is 0 Å². The van der Waals surface area contributed by atoms with Gasteiger partial charge >= 0.3 is 0 Å². The van der Waals surface area contributed by atoms with Gasteiger partial charge in [-0.15, -0.1) is 0 Å². The molecule has 0 aliphatic rings. The van der Waals surface area contributed by atoms with E-state index >= 15 is 0 Å². The topological polar surface area (TPSA) is 26.0 Å². The summed E-state index contributed by atoms with van der Waals surface area (Å²) in [4.78, 5) is 0. The Morgan fingerprint density at radius 2 is 1.92 bits per heavy atom. The molecule has 1 aromatic rings. The summed E-state index contributed by atoms with van der Waals surface area (Å²) in [5.74, 6) is 0. The van der Waals surface area contributed by atoms with E-state index in [9.17, 15) is 0 Å². The van der Waals surface area contributed by atoms with Crippen molar-refractivity contribution < 1.29 is 0 Å². The van der Waals surface area contributed by atoms with Gasteiger partial charge < -0.3 is 5.73 Å². The highest BCUT2D eigenvalue weighted by Crippen LogP contribution is 2.25. The molecule has 0 aliphatic heterocycles. The van der Waals surface area contributed by atoms with Crippen molar-refractivity contribution in [1.82, 2.24) is 0 Å². The number of rotatable bonds is 2. The normalized spacial score (nSPS) is 9.69. The lowest BCUT2D eigenvalue weighted by molar-refractivity contribution is 1.44. The van der Waals surface area contributed by atoms with Crippen molar-refractivity contribution in [2.75, 3.05) is 5.73 Å². The molecule has 0 amide bonds. The maximum absolute atomic E-state index is 5.86. The Balaban J connectivity index is 3.16. The first kappa shape index (κ1) is 9.59. The standard InChI is InChI=1S/C12H15N/c1-8(2)10(4)11-6-5-9(3)7-12(11)13/h5-7H,1,4,13H2,2-3H3. The maximum Gasteiger partial charge on any atom is 0.0396 e. The molecule has 13 heavy (non-hydrogen) atoms. The minimum absolute atomic E-state index is 0.771. The first-order chi connectivity index (χ1) is 6.02. The molecule has 0 radical (unpaired) electrons. The van der Waals surface area contributed by atoms with Gasteiger partial charge in [0.2, 0.25) is 0 Å². The second kappa shape index (κ2) is 3.48. The molecular formula is C12H15N. The third kappa shape index (κ3) is 2.00. The average Bonchev–Trinajstić information content (AvgIpc) is 2.03. The molecule has 1 aromatic carbocycles. The molecule has 0 atom stereocenters. The number of aryl methyl sites for hydroxylation is 1. The monoisotopic (exact) mass is 173 g/mol. The van der Waals surface area contributed by atoms with Gasteiger partial charge in [0.05, 0.1) is 0 Å². The zero-order chi connectivity index (χ0) is 10.0. The van der Waals surface area contributed by atoms with Crippen LogP contribution < -0.4 is 5.73 Å². The van der Waals surface area contributed by atoms with E-state index in [0.717, 1.165) is 28.0 Å². The summed E-state index contributed by atoms with van der Waals surface area (Å²) >= 11 is 0. The molecule has 0 spiro atoms. The summed E-state index contributed by atoms with van der Waals surface area (Å²) in [6.45, 7) is 11.7. The zero-order valence-electron chi connectivity index (χ0n) is 8.22. The van der Waals surface area contributed by atoms with Gasteiger partial charge in [0, 0.05) is 11.3 Å². The van der Waals surface area contributed by atoms with E-state index < -0.39 is 0 Å². The Kier molecular flexibility index (Phi) is 2.57. The van der Waals surface area contributed by atoms with E-state index in [1.165, 1.54) is 0 Å². The average molecular weight is 173 g/mol. The van der Waals surface area contributed by atoms with Crippen LogP contribution in [-0.4, -0.2) is 0 Å². The van der Waals surface area contributed by atoms with Crippen molar-refractivity contribution in [2.45, 2.75) is 13.8 Å². The lowest BCUT2D eigenvalue weighted by atomic mass is 9.99. The molecule has 1 heteroatoms. The lowest BCUT2D eigenvalue weighted by Crippen LogP contribution is -1.94. The largest absolute Gasteiger partial charge is 0.398 e. The lowest BCUT2D eigenvalue weighted by Gasteiger charge is -2.09. The highest BCUT2D eigenvalue weighted by molar-refractivity contribution is 5.82.